The second-order valence-electron chi connectivity index (χ2n) is 7.92. The molecule has 0 aliphatic carbocycles. The minimum Gasteiger partial charge on any atom is -0.375 e. The molecule has 1 aliphatic heterocycles. The number of likely N-dealkylation sites (tertiary alicyclic amines) is 1. The minimum atomic E-state index is -0.931. The van der Waals surface area contributed by atoms with Crippen LogP contribution in [-0.4, -0.2) is 55.7 Å². The number of halogens is 2. The van der Waals surface area contributed by atoms with E-state index in [1.807, 2.05) is 43.4 Å². The average Bonchev–Trinajstić information content (AvgIpc) is 3.08. The fourth-order valence-electron chi connectivity index (χ4n) is 3.72. The van der Waals surface area contributed by atoms with Crippen LogP contribution in [0.4, 0.5) is 5.69 Å². The molecule has 1 atom stereocenters. The molecule has 8 heteroatoms. The molecular formula is C24H27Cl2N3O3. The zero-order valence-corrected chi connectivity index (χ0v) is 19.5. The van der Waals surface area contributed by atoms with Crippen molar-refractivity contribution in [1.29, 1.82) is 0 Å². The summed E-state index contributed by atoms with van der Waals surface area (Å²) in [4.78, 5) is 40.7. The highest BCUT2D eigenvalue weighted by Gasteiger charge is 2.42. The molecule has 1 saturated heterocycles. The van der Waals surface area contributed by atoms with Gasteiger partial charge in [-0.1, -0.05) is 47.5 Å². The van der Waals surface area contributed by atoms with Gasteiger partial charge in [0.05, 0.1) is 10.0 Å². The lowest BCUT2D eigenvalue weighted by molar-refractivity contribution is -0.142. The summed E-state index contributed by atoms with van der Waals surface area (Å²) in [6, 6.07) is 15.4. The number of aryl methyl sites for hydroxylation is 1. The number of carbonyl (C=O) groups is 3. The van der Waals surface area contributed by atoms with Gasteiger partial charge >= 0.3 is 0 Å². The largest absolute Gasteiger partial charge is 0.375 e. The Morgan fingerprint density at radius 2 is 1.84 bits per heavy atom. The molecule has 2 aromatic carbocycles. The Morgan fingerprint density at radius 1 is 1.09 bits per heavy atom. The summed E-state index contributed by atoms with van der Waals surface area (Å²) in [5, 5.41) is 3.78. The van der Waals surface area contributed by atoms with Crippen molar-refractivity contribution in [3.05, 3.63) is 64.1 Å². The second kappa shape index (κ2) is 11.3. The molecule has 1 aliphatic rings. The molecule has 2 amide bonds. The zero-order valence-electron chi connectivity index (χ0n) is 18.0. The van der Waals surface area contributed by atoms with Crippen molar-refractivity contribution >= 4 is 46.5 Å². The monoisotopic (exact) mass is 475 g/mol. The Balaban J connectivity index is 1.40. The molecule has 6 nitrogen and oxygen atoms in total. The maximum Gasteiger partial charge on any atom is 0.290 e. The zero-order chi connectivity index (χ0) is 23.1. The molecule has 0 spiro atoms. The lowest BCUT2D eigenvalue weighted by Gasteiger charge is -2.21. The highest BCUT2D eigenvalue weighted by molar-refractivity contribution is 6.42. The number of rotatable bonds is 10. The van der Waals surface area contributed by atoms with E-state index in [4.69, 9.17) is 23.2 Å². The van der Waals surface area contributed by atoms with Gasteiger partial charge < -0.3 is 15.1 Å². The van der Waals surface area contributed by atoms with Gasteiger partial charge in [0.1, 0.15) is 5.92 Å². The van der Waals surface area contributed by atoms with Gasteiger partial charge in [-0.25, -0.2) is 0 Å². The van der Waals surface area contributed by atoms with Crippen LogP contribution >= 0.6 is 23.2 Å². The van der Waals surface area contributed by atoms with Crippen LogP contribution in [0.1, 0.15) is 18.4 Å². The fourth-order valence-corrected chi connectivity index (χ4v) is 4.04. The highest BCUT2D eigenvalue weighted by atomic mass is 35.5. The first kappa shape index (κ1) is 24.1. The van der Waals surface area contributed by atoms with Crippen molar-refractivity contribution in [3.63, 3.8) is 0 Å². The van der Waals surface area contributed by atoms with Gasteiger partial charge in [-0.15, -0.1) is 0 Å². The molecular weight excluding hydrogens is 449 g/mol. The van der Waals surface area contributed by atoms with Gasteiger partial charge in [-0.2, -0.15) is 0 Å². The van der Waals surface area contributed by atoms with E-state index in [9.17, 15) is 14.4 Å². The molecule has 0 bridgehead atoms. The number of nitrogens with zero attached hydrogens (tertiary/aromatic N) is 2. The number of nitrogens with one attached hydrogen (secondary N) is 1. The quantitative estimate of drug-likeness (QED) is 0.323. The average molecular weight is 476 g/mol. The Labute approximate surface area is 198 Å². The first-order valence-electron chi connectivity index (χ1n) is 10.7. The maximum absolute atomic E-state index is 12.5. The Bertz CT molecular complexity index is 968. The van der Waals surface area contributed by atoms with Crippen LogP contribution in [0.5, 0.6) is 0 Å². The lowest BCUT2D eigenvalue weighted by Crippen LogP contribution is -2.36. The van der Waals surface area contributed by atoms with Crippen LogP contribution in [0.2, 0.25) is 10.0 Å². The lowest BCUT2D eigenvalue weighted by atomic mass is 10.1. The van der Waals surface area contributed by atoms with Gasteiger partial charge in [0.15, 0.2) is 0 Å². The summed E-state index contributed by atoms with van der Waals surface area (Å²) in [6.07, 6.45) is 2.12. The number of benzene rings is 2. The number of para-hydroxylation sites is 1. The summed E-state index contributed by atoms with van der Waals surface area (Å²) in [5.74, 6) is -2.51. The predicted molar refractivity (Wildman–Crippen MR) is 127 cm³/mol. The molecule has 1 unspecified atom stereocenters. The van der Waals surface area contributed by atoms with Gasteiger partial charge in [0, 0.05) is 38.9 Å². The van der Waals surface area contributed by atoms with Crippen molar-refractivity contribution in [2.45, 2.75) is 19.3 Å². The highest BCUT2D eigenvalue weighted by Crippen LogP contribution is 2.23. The van der Waals surface area contributed by atoms with Crippen molar-refractivity contribution in [1.82, 2.24) is 10.2 Å². The summed E-state index contributed by atoms with van der Waals surface area (Å²) >= 11 is 11.9. The van der Waals surface area contributed by atoms with E-state index < -0.39 is 17.6 Å². The SMILES string of the molecule is CN(CCCN1CC(C(=O)NCCCc2ccc(Cl)c(Cl)c2)C(=O)C1=O)c1ccccc1. The molecule has 1 N–H and O–H groups in total. The van der Waals surface area contributed by atoms with Crippen LogP contribution in [0.15, 0.2) is 48.5 Å². The third kappa shape index (κ3) is 6.24. The van der Waals surface area contributed by atoms with Crippen molar-refractivity contribution in [2.24, 2.45) is 5.92 Å². The number of amides is 2. The molecule has 3 rings (SSSR count). The first-order valence-corrected chi connectivity index (χ1v) is 11.4. The van der Waals surface area contributed by atoms with Crippen LogP contribution in [0.3, 0.4) is 0 Å². The maximum atomic E-state index is 12.5. The van der Waals surface area contributed by atoms with E-state index in [0.29, 0.717) is 36.0 Å². The predicted octanol–water partition coefficient (Wildman–Crippen LogP) is 3.60. The van der Waals surface area contributed by atoms with Crippen molar-refractivity contribution in [2.75, 3.05) is 38.1 Å². The number of anilines is 1. The number of carbonyl (C=O) groups excluding carboxylic acids is 3. The molecule has 1 fully saturated rings. The molecule has 0 radical (unpaired) electrons. The molecule has 1 heterocycles. The third-order valence-corrected chi connectivity index (χ3v) is 6.32. The summed E-state index contributed by atoms with van der Waals surface area (Å²) in [5.41, 5.74) is 2.11. The topological polar surface area (TPSA) is 69.7 Å². The minimum absolute atomic E-state index is 0.144. The molecule has 2 aromatic rings. The van der Waals surface area contributed by atoms with Crippen molar-refractivity contribution in [3.8, 4) is 0 Å². The van der Waals surface area contributed by atoms with Crippen molar-refractivity contribution < 1.29 is 14.4 Å². The Hall–Kier alpha value is -2.57. The van der Waals surface area contributed by atoms with E-state index in [0.717, 1.165) is 24.2 Å². The van der Waals surface area contributed by atoms with Gasteiger partial charge in [-0.3, -0.25) is 14.4 Å². The molecule has 0 saturated carbocycles. The van der Waals surface area contributed by atoms with Crippen LogP contribution in [-0.2, 0) is 20.8 Å². The van der Waals surface area contributed by atoms with Gasteiger partial charge in [0.2, 0.25) is 11.7 Å². The normalized spacial score (nSPS) is 15.8. The van der Waals surface area contributed by atoms with Gasteiger partial charge in [-0.05, 0) is 49.1 Å². The Kier molecular flexibility index (Phi) is 8.53. The molecule has 170 valence electrons. The third-order valence-electron chi connectivity index (χ3n) is 5.58. The summed E-state index contributed by atoms with van der Waals surface area (Å²) in [6.45, 7) is 1.75. The second-order valence-corrected chi connectivity index (χ2v) is 8.74. The van der Waals surface area contributed by atoms with E-state index >= 15 is 0 Å². The Morgan fingerprint density at radius 3 is 2.56 bits per heavy atom. The summed E-state index contributed by atoms with van der Waals surface area (Å²) in [7, 11) is 1.99. The van der Waals surface area contributed by atoms with Crippen LogP contribution in [0.25, 0.3) is 0 Å². The van der Waals surface area contributed by atoms with E-state index in [2.05, 4.69) is 10.2 Å². The number of hydrogen-bond donors (Lipinski definition) is 1. The van der Waals surface area contributed by atoms with E-state index in [1.165, 1.54) is 4.90 Å². The summed E-state index contributed by atoms with van der Waals surface area (Å²) < 4.78 is 0. The number of ketones is 1. The number of hydrogen-bond acceptors (Lipinski definition) is 4. The van der Waals surface area contributed by atoms with Crippen LogP contribution < -0.4 is 10.2 Å². The standard InChI is InChI=1S/C24H27Cl2N3O3/c1-28(18-8-3-2-4-9-18)13-6-14-29-16-19(22(30)24(29)32)23(31)27-12-5-7-17-10-11-20(25)21(26)15-17/h2-4,8-11,15,19H,5-7,12-14,16H2,1H3,(H,27,31). The number of Topliss-reactive ketones (excluding diaryl/α,β-unsaturated/α-hetero) is 1. The first-order chi connectivity index (χ1) is 15.4. The van der Waals surface area contributed by atoms with Gasteiger partial charge in [0.25, 0.3) is 5.91 Å². The smallest absolute Gasteiger partial charge is 0.290 e. The van der Waals surface area contributed by atoms with E-state index in [-0.39, 0.29) is 12.5 Å². The molecule has 32 heavy (non-hydrogen) atoms. The fraction of sp³-hybridized carbons (Fsp3) is 0.375. The van der Waals surface area contributed by atoms with Crippen LogP contribution in [0, 0.1) is 5.92 Å². The van der Waals surface area contributed by atoms with E-state index in [1.54, 1.807) is 12.1 Å². The molecule has 0 aromatic heterocycles.